The van der Waals surface area contributed by atoms with E-state index >= 15 is 0 Å². The van der Waals surface area contributed by atoms with E-state index in [1.165, 1.54) is 24.0 Å². The van der Waals surface area contributed by atoms with Gasteiger partial charge in [0, 0.05) is 19.7 Å². The highest BCUT2D eigenvalue weighted by Gasteiger charge is 2.14. The first-order valence-corrected chi connectivity index (χ1v) is 5.72. The average Bonchev–Trinajstić information content (AvgIpc) is 2.71. The molecule has 90 valence electrons. The molecule has 1 saturated heterocycles. The second-order valence-corrected chi connectivity index (χ2v) is 4.25. The first kappa shape index (κ1) is 13.5. The molecule has 1 N–H and O–H groups in total. The Labute approximate surface area is 104 Å². The number of aryl methyl sites for hydroxylation is 1. The molecule has 1 unspecified atom stereocenters. The second-order valence-electron chi connectivity index (χ2n) is 4.25. The van der Waals surface area contributed by atoms with Gasteiger partial charge >= 0.3 is 0 Å². The van der Waals surface area contributed by atoms with Gasteiger partial charge in [-0.05, 0) is 25.3 Å². The van der Waals surface area contributed by atoms with E-state index in [1.54, 1.807) is 0 Å². The minimum Gasteiger partial charge on any atom is -0.377 e. The molecule has 0 bridgehead atoms. The molecule has 0 radical (unpaired) electrons. The van der Waals surface area contributed by atoms with Gasteiger partial charge in [-0.1, -0.05) is 29.8 Å². The van der Waals surface area contributed by atoms with Crippen LogP contribution in [0.2, 0.25) is 0 Å². The third-order valence-electron chi connectivity index (χ3n) is 2.81. The molecule has 1 aliphatic heterocycles. The Morgan fingerprint density at radius 1 is 1.44 bits per heavy atom. The molecule has 1 aromatic carbocycles. The summed E-state index contributed by atoms with van der Waals surface area (Å²) in [5.41, 5.74) is 2.68. The van der Waals surface area contributed by atoms with Crippen LogP contribution in [-0.2, 0) is 11.3 Å². The first-order valence-electron chi connectivity index (χ1n) is 5.72. The predicted molar refractivity (Wildman–Crippen MR) is 69.1 cm³/mol. The molecule has 2 rings (SSSR count). The van der Waals surface area contributed by atoms with E-state index in [2.05, 4.69) is 36.5 Å². The highest BCUT2D eigenvalue weighted by molar-refractivity contribution is 5.85. The standard InChI is InChI=1S/C13H19NO.ClH/c1-11-4-2-5-12(8-11)9-14-10-13-6-3-7-15-13;/h2,4-5,8,13-14H,3,6-7,9-10H2,1H3;1H. The zero-order valence-electron chi connectivity index (χ0n) is 9.74. The Bertz CT molecular complexity index is 311. The average molecular weight is 242 g/mol. The van der Waals surface area contributed by atoms with Crippen LogP contribution in [0.5, 0.6) is 0 Å². The van der Waals surface area contributed by atoms with E-state index in [-0.39, 0.29) is 12.4 Å². The maximum Gasteiger partial charge on any atom is 0.0700 e. The lowest BCUT2D eigenvalue weighted by molar-refractivity contribution is 0.110. The quantitative estimate of drug-likeness (QED) is 0.875. The van der Waals surface area contributed by atoms with Crippen LogP contribution in [0.1, 0.15) is 24.0 Å². The normalized spacial score (nSPS) is 19.4. The van der Waals surface area contributed by atoms with Crippen molar-refractivity contribution in [3.05, 3.63) is 35.4 Å². The summed E-state index contributed by atoms with van der Waals surface area (Å²) in [4.78, 5) is 0. The Balaban J connectivity index is 0.00000128. The molecule has 1 aromatic rings. The van der Waals surface area contributed by atoms with Crippen LogP contribution in [0.15, 0.2) is 24.3 Å². The number of hydrogen-bond donors (Lipinski definition) is 1. The number of halogens is 1. The molecule has 0 saturated carbocycles. The van der Waals surface area contributed by atoms with E-state index in [1.807, 2.05) is 0 Å². The number of ether oxygens (including phenoxy) is 1. The fourth-order valence-electron chi connectivity index (χ4n) is 2.00. The molecule has 0 spiro atoms. The molecule has 1 fully saturated rings. The van der Waals surface area contributed by atoms with Crippen LogP contribution in [-0.4, -0.2) is 19.3 Å². The van der Waals surface area contributed by atoms with Crippen molar-refractivity contribution in [1.82, 2.24) is 5.32 Å². The minimum atomic E-state index is 0. The Kier molecular flexibility index (Phi) is 5.81. The summed E-state index contributed by atoms with van der Waals surface area (Å²) < 4.78 is 5.55. The summed E-state index contributed by atoms with van der Waals surface area (Å²) in [5, 5.41) is 3.45. The molecule has 3 heteroatoms. The summed E-state index contributed by atoms with van der Waals surface area (Å²) in [6.07, 6.45) is 2.87. The Hall–Kier alpha value is -0.570. The molecule has 0 aliphatic carbocycles. The van der Waals surface area contributed by atoms with Crippen molar-refractivity contribution in [1.29, 1.82) is 0 Å². The summed E-state index contributed by atoms with van der Waals surface area (Å²) in [7, 11) is 0. The topological polar surface area (TPSA) is 21.3 Å². The molecule has 16 heavy (non-hydrogen) atoms. The van der Waals surface area contributed by atoms with Gasteiger partial charge < -0.3 is 10.1 Å². The Morgan fingerprint density at radius 2 is 2.31 bits per heavy atom. The van der Waals surface area contributed by atoms with Gasteiger partial charge in [0.05, 0.1) is 6.10 Å². The Morgan fingerprint density at radius 3 is 3.00 bits per heavy atom. The number of nitrogens with one attached hydrogen (secondary N) is 1. The molecule has 1 aliphatic rings. The summed E-state index contributed by atoms with van der Waals surface area (Å²) in [6, 6.07) is 8.63. The van der Waals surface area contributed by atoms with Crippen molar-refractivity contribution in [2.45, 2.75) is 32.4 Å². The van der Waals surface area contributed by atoms with Crippen LogP contribution >= 0.6 is 12.4 Å². The molecular weight excluding hydrogens is 222 g/mol. The van der Waals surface area contributed by atoms with E-state index in [0.717, 1.165) is 19.7 Å². The molecule has 1 atom stereocenters. The monoisotopic (exact) mass is 241 g/mol. The van der Waals surface area contributed by atoms with Gasteiger partial charge in [0.15, 0.2) is 0 Å². The highest BCUT2D eigenvalue weighted by Crippen LogP contribution is 2.11. The smallest absolute Gasteiger partial charge is 0.0700 e. The van der Waals surface area contributed by atoms with Gasteiger partial charge in [-0.2, -0.15) is 0 Å². The van der Waals surface area contributed by atoms with Gasteiger partial charge in [-0.3, -0.25) is 0 Å². The van der Waals surface area contributed by atoms with Gasteiger partial charge in [-0.25, -0.2) is 0 Å². The number of hydrogen-bond acceptors (Lipinski definition) is 2. The van der Waals surface area contributed by atoms with Gasteiger partial charge in [-0.15, -0.1) is 12.4 Å². The third kappa shape index (κ3) is 4.12. The molecular formula is C13H20ClNO. The van der Waals surface area contributed by atoms with Crippen LogP contribution in [0.3, 0.4) is 0 Å². The van der Waals surface area contributed by atoms with Crippen molar-refractivity contribution < 1.29 is 4.74 Å². The molecule has 2 nitrogen and oxygen atoms in total. The maximum absolute atomic E-state index is 5.55. The van der Waals surface area contributed by atoms with Crippen molar-refractivity contribution >= 4 is 12.4 Å². The van der Waals surface area contributed by atoms with Crippen LogP contribution in [0.25, 0.3) is 0 Å². The lowest BCUT2D eigenvalue weighted by Gasteiger charge is -2.10. The van der Waals surface area contributed by atoms with Crippen LogP contribution < -0.4 is 5.32 Å². The van der Waals surface area contributed by atoms with Crippen molar-refractivity contribution in [3.63, 3.8) is 0 Å². The van der Waals surface area contributed by atoms with Crippen molar-refractivity contribution in [2.24, 2.45) is 0 Å². The molecule has 0 aromatic heterocycles. The first-order chi connectivity index (χ1) is 7.34. The third-order valence-corrected chi connectivity index (χ3v) is 2.81. The van der Waals surface area contributed by atoms with Gasteiger partial charge in [0.25, 0.3) is 0 Å². The fourth-order valence-corrected chi connectivity index (χ4v) is 2.00. The largest absolute Gasteiger partial charge is 0.377 e. The lowest BCUT2D eigenvalue weighted by atomic mass is 10.1. The van der Waals surface area contributed by atoms with E-state index in [9.17, 15) is 0 Å². The number of benzene rings is 1. The van der Waals surface area contributed by atoms with Crippen LogP contribution in [0.4, 0.5) is 0 Å². The zero-order valence-corrected chi connectivity index (χ0v) is 10.6. The number of rotatable bonds is 4. The van der Waals surface area contributed by atoms with E-state index in [0.29, 0.717) is 6.10 Å². The lowest BCUT2D eigenvalue weighted by Crippen LogP contribution is -2.25. The minimum absolute atomic E-state index is 0. The summed E-state index contributed by atoms with van der Waals surface area (Å²) >= 11 is 0. The van der Waals surface area contributed by atoms with Gasteiger partial charge in [0.2, 0.25) is 0 Å². The second kappa shape index (κ2) is 6.89. The SMILES string of the molecule is Cc1cccc(CNCC2CCCO2)c1.Cl. The maximum atomic E-state index is 5.55. The molecule has 0 amide bonds. The summed E-state index contributed by atoms with van der Waals surface area (Å²) in [6.45, 7) is 5.00. The van der Waals surface area contributed by atoms with Crippen molar-refractivity contribution in [2.75, 3.05) is 13.2 Å². The van der Waals surface area contributed by atoms with Crippen molar-refractivity contribution in [3.8, 4) is 0 Å². The summed E-state index contributed by atoms with van der Waals surface area (Å²) in [5.74, 6) is 0. The van der Waals surface area contributed by atoms with E-state index in [4.69, 9.17) is 4.74 Å². The zero-order chi connectivity index (χ0) is 10.5. The molecule has 1 heterocycles. The predicted octanol–water partition coefficient (Wildman–Crippen LogP) is 2.69. The van der Waals surface area contributed by atoms with E-state index < -0.39 is 0 Å². The van der Waals surface area contributed by atoms with Gasteiger partial charge in [0.1, 0.15) is 0 Å². The fraction of sp³-hybridized carbons (Fsp3) is 0.538. The van der Waals surface area contributed by atoms with Crippen LogP contribution in [0, 0.1) is 6.92 Å². The highest BCUT2D eigenvalue weighted by atomic mass is 35.5.